The van der Waals surface area contributed by atoms with Gasteiger partial charge in [-0.1, -0.05) is 12.1 Å². The van der Waals surface area contributed by atoms with Crippen LogP contribution in [0.25, 0.3) is 0 Å². The summed E-state index contributed by atoms with van der Waals surface area (Å²) in [6.07, 6.45) is 0.421. The number of benzene rings is 1. The molecule has 0 aliphatic heterocycles. The second-order valence-corrected chi connectivity index (χ2v) is 7.04. The third kappa shape index (κ3) is 6.24. The molecule has 0 saturated carbocycles. The van der Waals surface area contributed by atoms with Crippen molar-refractivity contribution < 1.29 is 18.3 Å². The van der Waals surface area contributed by atoms with Crippen LogP contribution in [-0.4, -0.2) is 51.1 Å². The van der Waals surface area contributed by atoms with E-state index in [9.17, 15) is 13.2 Å². The van der Waals surface area contributed by atoms with Crippen LogP contribution in [0.3, 0.4) is 0 Å². The molecule has 21 heavy (non-hydrogen) atoms. The van der Waals surface area contributed by atoms with E-state index < -0.39 is 16.0 Å². The lowest BCUT2D eigenvalue weighted by molar-refractivity contribution is -0.136. The first-order chi connectivity index (χ1) is 9.70. The Morgan fingerprint density at radius 3 is 2.33 bits per heavy atom. The van der Waals surface area contributed by atoms with E-state index in [0.717, 1.165) is 5.56 Å². The summed E-state index contributed by atoms with van der Waals surface area (Å²) in [7, 11) is 0.208. The highest BCUT2D eigenvalue weighted by atomic mass is 32.2. The molecule has 0 amide bonds. The molecule has 1 rings (SSSR count). The number of rotatable bonds is 8. The summed E-state index contributed by atoms with van der Waals surface area (Å²) in [6.45, 7) is 2.41. The Bertz CT molecular complexity index is 567. The molecule has 0 fully saturated rings. The van der Waals surface area contributed by atoms with E-state index in [-0.39, 0.29) is 17.4 Å². The third-order valence-corrected chi connectivity index (χ3v) is 4.46. The molecule has 0 bridgehead atoms. The summed E-state index contributed by atoms with van der Waals surface area (Å²) < 4.78 is 27.0. The van der Waals surface area contributed by atoms with Crippen LogP contribution in [0.1, 0.15) is 18.9 Å². The molecule has 118 valence electrons. The van der Waals surface area contributed by atoms with E-state index in [4.69, 9.17) is 5.11 Å². The fourth-order valence-corrected chi connectivity index (χ4v) is 3.24. The Balaban J connectivity index is 2.73. The SMILES string of the molecule is CC(CN(C)C)NS(=O)(=O)c1ccc(CCC(=O)O)cc1. The molecule has 0 radical (unpaired) electrons. The van der Waals surface area contributed by atoms with E-state index >= 15 is 0 Å². The van der Waals surface area contributed by atoms with Crippen LogP contribution in [0.15, 0.2) is 29.2 Å². The van der Waals surface area contributed by atoms with Gasteiger partial charge in [0.05, 0.1) is 4.90 Å². The molecule has 6 nitrogen and oxygen atoms in total. The lowest BCUT2D eigenvalue weighted by Gasteiger charge is -2.18. The molecule has 1 aromatic rings. The number of nitrogens with zero attached hydrogens (tertiary/aromatic N) is 1. The molecule has 1 aromatic carbocycles. The highest BCUT2D eigenvalue weighted by molar-refractivity contribution is 7.89. The fraction of sp³-hybridized carbons (Fsp3) is 0.500. The van der Waals surface area contributed by atoms with Gasteiger partial charge in [0.2, 0.25) is 10.0 Å². The Labute approximate surface area is 125 Å². The van der Waals surface area contributed by atoms with Gasteiger partial charge < -0.3 is 10.0 Å². The van der Waals surface area contributed by atoms with Gasteiger partial charge in [0.1, 0.15) is 0 Å². The van der Waals surface area contributed by atoms with E-state index in [2.05, 4.69) is 4.72 Å². The molecule has 0 saturated heterocycles. The highest BCUT2D eigenvalue weighted by Gasteiger charge is 2.17. The van der Waals surface area contributed by atoms with E-state index in [0.29, 0.717) is 13.0 Å². The first kappa shape index (κ1) is 17.6. The van der Waals surface area contributed by atoms with Crippen molar-refractivity contribution >= 4 is 16.0 Å². The van der Waals surface area contributed by atoms with Crippen LogP contribution in [0.5, 0.6) is 0 Å². The lowest BCUT2D eigenvalue weighted by atomic mass is 10.1. The number of aryl methyl sites for hydroxylation is 1. The molecular formula is C14H22N2O4S. The normalized spacial score (nSPS) is 13.3. The highest BCUT2D eigenvalue weighted by Crippen LogP contribution is 2.12. The predicted octanol–water partition coefficient (Wildman–Crippen LogP) is 0.932. The van der Waals surface area contributed by atoms with E-state index in [1.165, 1.54) is 12.1 Å². The number of nitrogens with one attached hydrogen (secondary N) is 1. The second kappa shape index (κ2) is 7.53. The summed E-state index contributed by atoms with van der Waals surface area (Å²) in [5.74, 6) is -0.870. The Morgan fingerprint density at radius 1 is 1.29 bits per heavy atom. The Kier molecular flexibility index (Phi) is 6.32. The smallest absolute Gasteiger partial charge is 0.303 e. The quantitative estimate of drug-likeness (QED) is 0.745. The zero-order chi connectivity index (χ0) is 16.0. The molecule has 2 N–H and O–H groups in total. The maximum absolute atomic E-state index is 12.2. The molecule has 0 aliphatic carbocycles. The van der Waals surface area contributed by atoms with Crippen LogP contribution in [0, 0.1) is 0 Å². The minimum Gasteiger partial charge on any atom is -0.481 e. The van der Waals surface area contributed by atoms with Gasteiger partial charge >= 0.3 is 5.97 Å². The van der Waals surface area contributed by atoms with Crippen LogP contribution in [0.2, 0.25) is 0 Å². The van der Waals surface area contributed by atoms with Gasteiger partial charge in [0, 0.05) is 19.0 Å². The number of carbonyl (C=O) groups is 1. The van der Waals surface area contributed by atoms with Gasteiger partial charge in [-0.15, -0.1) is 0 Å². The number of hydrogen-bond donors (Lipinski definition) is 2. The lowest BCUT2D eigenvalue weighted by Crippen LogP contribution is -2.39. The van der Waals surface area contributed by atoms with Gasteiger partial charge in [0.25, 0.3) is 0 Å². The van der Waals surface area contributed by atoms with Gasteiger partial charge in [-0.3, -0.25) is 4.79 Å². The molecule has 0 aromatic heterocycles. The first-order valence-electron chi connectivity index (χ1n) is 6.68. The van der Waals surface area contributed by atoms with Crippen molar-refractivity contribution in [2.45, 2.75) is 30.7 Å². The van der Waals surface area contributed by atoms with Gasteiger partial charge in [-0.05, 0) is 45.1 Å². The van der Waals surface area contributed by atoms with Crippen molar-refractivity contribution in [2.75, 3.05) is 20.6 Å². The number of carboxylic acid groups (broad SMARTS) is 1. The first-order valence-corrected chi connectivity index (χ1v) is 8.17. The minimum absolute atomic E-state index is 0.0320. The largest absolute Gasteiger partial charge is 0.481 e. The van der Waals surface area contributed by atoms with Crippen molar-refractivity contribution in [3.05, 3.63) is 29.8 Å². The summed E-state index contributed by atoms with van der Waals surface area (Å²) in [5.41, 5.74) is 0.803. The Morgan fingerprint density at radius 2 is 1.86 bits per heavy atom. The van der Waals surface area contributed by atoms with Gasteiger partial charge in [0.15, 0.2) is 0 Å². The van der Waals surface area contributed by atoms with Crippen molar-refractivity contribution in [2.24, 2.45) is 0 Å². The average molecular weight is 314 g/mol. The molecule has 0 heterocycles. The predicted molar refractivity (Wildman–Crippen MR) is 80.7 cm³/mol. The zero-order valence-electron chi connectivity index (χ0n) is 12.5. The number of hydrogen-bond acceptors (Lipinski definition) is 4. The van der Waals surface area contributed by atoms with Crippen molar-refractivity contribution in [3.63, 3.8) is 0 Å². The van der Waals surface area contributed by atoms with E-state index in [1.807, 2.05) is 19.0 Å². The van der Waals surface area contributed by atoms with Crippen molar-refractivity contribution in [1.29, 1.82) is 0 Å². The molecule has 0 spiro atoms. The van der Waals surface area contributed by atoms with Crippen LogP contribution < -0.4 is 4.72 Å². The fourth-order valence-electron chi connectivity index (χ4n) is 2.00. The average Bonchev–Trinajstić information content (AvgIpc) is 2.35. The number of carboxylic acids is 1. The summed E-state index contributed by atoms with van der Waals surface area (Å²) in [6, 6.07) is 6.10. The minimum atomic E-state index is -3.55. The molecular weight excluding hydrogens is 292 g/mol. The standard InChI is InChI=1S/C14H22N2O4S/c1-11(10-16(2)3)15-21(19,20)13-7-4-12(5-8-13)6-9-14(17)18/h4-5,7-8,11,15H,6,9-10H2,1-3H3,(H,17,18). The van der Waals surface area contributed by atoms with E-state index in [1.54, 1.807) is 19.1 Å². The third-order valence-electron chi connectivity index (χ3n) is 2.86. The van der Waals surface area contributed by atoms with Crippen molar-refractivity contribution in [3.8, 4) is 0 Å². The summed E-state index contributed by atoms with van der Waals surface area (Å²) >= 11 is 0. The summed E-state index contributed by atoms with van der Waals surface area (Å²) in [5, 5.41) is 8.62. The maximum atomic E-state index is 12.2. The molecule has 7 heteroatoms. The zero-order valence-corrected chi connectivity index (χ0v) is 13.4. The molecule has 1 atom stereocenters. The molecule has 0 aliphatic rings. The van der Waals surface area contributed by atoms with Crippen LogP contribution in [-0.2, 0) is 21.2 Å². The monoisotopic (exact) mass is 314 g/mol. The summed E-state index contributed by atoms with van der Waals surface area (Å²) in [4.78, 5) is 12.6. The maximum Gasteiger partial charge on any atom is 0.303 e. The van der Waals surface area contributed by atoms with Crippen LogP contribution in [0.4, 0.5) is 0 Å². The van der Waals surface area contributed by atoms with Gasteiger partial charge in [-0.25, -0.2) is 13.1 Å². The van der Waals surface area contributed by atoms with Crippen molar-refractivity contribution in [1.82, 2.24) is 9.62 Å². The van der Waals surface area contributed by atoms with Crippen LogP contribution >= 0.6 is 0 Å². The second-order valence-electron chi connectivity index (χ2n) is 5.32. The molecule has 1 unspecified atom stereocenters. The van der Waals surface area contributed by atoms with Gasteiger partial charge in [-0.2, -0.15) is 0 Å². The topological polar surface area (TPSA) is 86.7 Å². The number of likely N-dealkylation sites (N-methyl/N-ethyl adjacent to an activating group) is 1. The number of aliphatic carboxylic acids is 1. The number of sulfonamides is 1. The Hall–Kier alpha value is -1.44.